The first-order chi connectivity index (χ1) is 9.31. The Balaban J connectivity index is 1.70. The molecule has 2 aromatic rings. The van der Waals surface area contributed by atoms with Crippen molar-refractivity contribution in [2.24, 2.45) is 5.92 Å². The Hall–Kier alpha value is -1.70. The topological polar surface area (TPSA) is 29.5 Å². The van der Waals surface area contributed by atoms with E-state index >= 15 is 0 Å². The van der Waals surface area contributed by atoms with E-state index in [2.05, 4.69) is 0 Å². The van der Waals surface area contributed by atoms with Crippen molar-refractivity contribution >= 4 is 10.8 Å². The second-order valence-corrected chi connectivity index (χ2v) is 5.51. The van der Waals surface area contributed by atoms with E-state index in [9.17, 15) is 5.11 Å². The molecule has 1 aliphatic rings. The van der Waals surface area contributed by atoms with Gasteiger partial charge in [0.25, 0.3) is 0 Å². The van der Waals surface area contributed by atoms with Crippen molar-refractivity contribution in [3.8, 4) is 11.5 Å². The molecule has 100 valence electrons. The van der Waals surface area contributed by atoms with Crippen molar-refractivity contribution in [2.45, 2.75) is 32.1 Å². The Kier molecular flexibility index (Phi) is 3.58. The average molecular weight is 256 g/mol. The minimum Gasteiger partial charge on any atom is -0.508 e. The van der Waals surface area contributed by atoms with Crippen LogP contribution in [0.1, 0.15) is 32.1 Å². The van der Waals surface area contributed by atoms with Crippen LogP contribution in [-0.2, 0) is 0 Å². The summed E-state index contributed by atoms with van der Waals surface area (Å²) in [5.41, 5.74) is 0. The molecule has 1 N–H and O–H groups in total. The highest BCUT2D eigenvalue weighted by Crippen LogP contribution is 2.27. The van der Waals surface area contributed by atoms with E-state index in [0.29, 0.717) is 11.7 Å². The van der Waals surface area contributed by atoms with Crippen molar-refractivity contribution in [3.63, 3.8) is 0 Å². The van der Waals surface area contributed by atoms with E-state index in [1.807, 2.05) is 24.3 Å². The van der Waals surface area contributed by atoms with Crippen molar-refractivity contribution in [2.75, 3.05) is 6.61 Å². The van der Waals surface area contributed by atoms with Crippen LogP contribution in [0.5, 0.6) is 11.5 Å². The number of phenols is 1. The van der Waals surface area contributed by atoms with E-state index in [4.69, 9.17) is 4.74 Å². The number of ether oxygens (including phenoxy) is 1. The Morgan fingerprint density at radius 1 is 0.947 bits per heavy atom. The Morgan fingerprint density at radius 2 is 1.74 bits per heavy atom. The smallest absolute Gasteiger partial charge is 0.119 e. The number of phenolic OH excluding ortho intramolecular Hbond substituents is 1. The molecule has 2 aromatic carbocycles. The lowest BCUT2D eigenvalue weighted by Crippen LogP contribution is -2.15. The van der Waals surface area contributed by atoms with E-state index in [1.54, 1.807) is 12.1 Å². The van der Waals surface area contributed by atoms with E-state index < -0.39 is 0 Å². The molecule has 1 aliphatic carbocycles. The number of hydrogen-bond acceptors (Lipinski definition) is 2. The fraction of sp³-hybridized carbons (Fsp3) is 0.412. The van der Waals surface area contributed by atoms with Gasteiger partial charge in [0.05, 0.1) is 6.61 Å². The number of aromatic hydroxyl groups is 1. The fourth-order valence-electron chi connectivity index (χ4n) is 2.87. The van der Waals surface area contributed by atoms with Crippen molar-refractivity contribution in [3.05, 3.63) is 36.4 Å². The molecule has 2 nitrogen and oxygen atoms in total. The quantitative estimate of drug-likeness (QED) is 0.875. The summed E-state index contributed by atoms with van der Waals surface area (Å²) < 4.78 is 5.91. The molecule has 0 amide bonds. The van der Waals surface area contributed by atoms with Gasteiger partial charge in [-0.1, -0.05) is 31.4 Å². The second kappa shape index (κ2) is 5.52. The summed E-state index contributed by atoms with van der Waals surface area (Å²) in [6.45, 7) is 0.824. The molecule has 0 heterocycles. The summed E-state index contributed by atoms with van der Waals surface area (Å²) in [6, 6.07) is 11.5. The zero-order valence-electron chi connectivity index (χ0n) is 11.1. The minimum atomic E-state index is 0.303. The van der Waals surface area contributed by atoms with Crippen LogP contribution in [0.3, 0.4) is 0 Å². The summed E-state index contributed by atoms with van der Waals surface area (Å²) in [7, 11) is 0. The first-order valence-electron chi connectivity index (χ1n) is 7.17. The Labute approximate surface area is 114 Å². The van der Waals surface area contributed by atoms with Crippen LogP contribution >= 0.6 is 0 Å². The van der Waals surface area contributed by atoms with Crippen molar-refractivity contribution < 1.29 is 9.84 Å². The van der Waals surface area contributed by atoms with Crippen LogP contribution in [0.15, 0.2) is 36.4 Å². The lowest BCUT2D eigenvalue weighted by atomic mass is 9.90. The molecule has 0 unspecified atom stereocenters. The molecule has 2 heteroatoms. The summed E-state index contributed by atoms with van der Waals surface area (Å²) >= 11 is 0. The predicted octanol–water partition coefficient (Wildman–Crippen LogP) is 4.50. The second-order valence-electron chi connectivity index (χ2n) is 5.51. The maximum Gasteiger partial charge on any atom is 0.119 e. The molecule has 0 aromatic heterocycles. The number of fused-ring (bicyclic) bond motifs is 1. The summed E-state index contributed by atoms with van der Waals surface area (Å²) in [5.74, 6) is 1.93. The van der Waals surface area contributed by atoms with Gasteiger partial charge in [0.15, 0.2) is 0 Å². The standard InChI is InChI=1S/C17H20O2/c18-16-8-6-14-7-9-17(11-15(14)10-16)19-12-13-4-2-1-3-5-13/h6-11,13,18H,1-5,12H2. The van der Waals surface area contributed by atoms with Crippen molar-refractivity contribution in [1.82, 2.24) is 0 Å². The van der Waals surface area contributed by atoms with Crippen LogP contribution in [0.4, 0.5) is 0 Å². The molecule has 0 bridgehead atoms. The zero-order chi connectivity index (χ0) is 13.1. The maximum absolute atomic E-state index is 9.51. The Morgan fingerprint density at radius 3 is 2.58 bits per heavy atom. The van der Waals surface area contributed by atoms with Gasteiger partial charge in [-0.05, 0) is 53.8 Å². The largest absolute Gasteiger partial charge is 0.508 e. The van der Waals surface area contributed by atoms with Crippen LogP contribution in [0, 0.1) is 5.92 Å². The van der Waals surface area contributed by atoms with Gasteiger partial charge in [-0.2, -0.15) is 0 Å². The molecule has 0 saturated heterocycles. The highest BCUT2D eigenvalue weighted by molar-refractivity contribution is 5.85. The van der Waals surface area contributed by atoms with Crippen molar-refractivity contribution in [1.29, 1.82) is 0 Å². The van der Waals surface area contributed by atoms with Crippen LogP contribution in [-0.4, -0.2) is 11.7 Å². The summed E-state index contributed by atoms with van der Waals surface area (Å²) in [6.07, 6.45) is 6.67. The van der Waals surface area contributed by atoms with E-state index in [0.717, 1.165) is 23.1 Å². The van der Waals surface area contributed by atoms with Gasteiger partial charge >= 0.3 is 0 Å². The monoisotopic (exact) mass is 256 g/mol. The molecule has 0 atom stereocenters. The molecule has 0 radical (unpaired) electrons. The molecular weight excluding hydrogens is 236 g/mol. The van der Waals surface area contributed by atoms with E-state index in [1.165, 1.54) is 32.1 Å². The molecule has 19 heavy (non-hydrogen) atoms. The molecule has 0 spiro atoms. The fourth-order valence-corrected chi connectivity index (χ4v) is 2.87. The van der Waals surface area contributed by atoms with Gasteiger partial charge in [0, 0.05) is 0 Å². The third-order valence-electron chi connectivity index (χ3n) is 4.01. The van der Waals surface area contributed by atoms with Gasteiger partial charge in [0.1, 0.15) is 11.5 Å². The first-order valence-corrected chi connectivity index (χ1v) is 7.17. The maximum atomic E-state index is 9.51. The van der Waals surface area contributed by atoms with Gasteiger partial charge in [-0.25, -0.2) is 0 Å². The lowest BCUT2D eigenvalue weighted by molar-refractivity contribution is 0.209. The summed E-state index contributed by atoms with van der Waals surface area (Å²) in [4.78, 5) is 0. The number of hydrogen-bond donors (Lipinski definition) is 1. The number of benzene rings is 2. The molecule has 1 fully saturated rings. The van der Waals surface area contributed by atoms with Crippen LogP contribution in [0.25, 0.3) is 10.8 Å². The highest BCUT2D eigenvalue weighted by Gasteiger charge is 2.13. The highest BCUT2D eigenvalue weighted by atomic mass is 16.5. The van der Waals surface area contributed by atoms with Gasteiger partial charge < -0.3 is 9.84 Å². The molecule has 0 aliphatic heterocycles. The third-order valence-corrected chi connectivity index (χ3v) is 4.01. The lowest BCUT2D eigenvalue weighted by Gasteiger charge is -2.21. The third kappa shape index (κ3) is 3.01. The predicted molar refractivity (Wildman–Crippen MR) is 77.7 cm³/mol. The minimum absolute atomic E-state index is 0.303. The van der Waals surface area contributed by atoms with Gasteiger partial charge in [-0.3, -0.25) is 0 Å². The van der Waals surface area contributed by atoms with Gasteiger partial charge in [0.2, 0.25) is 0 Å². The normalized spacial score (nSPS) is 16.6. The van der Waals surface area contributed by atoms with Crippen LogP contribution in [0.2, 0.25) is 0 Å². The SMILES string of the molecule is Oc1ccc2ccc(OCC3CCCCC3)cc2c1. The number of rotatable bonds is 3. The molecular formula is C17H20O2. The Bertz CT molecular complexity index is 556. The summed E-state index contributed by atoms with van der Waals surface area (Å²) in [5, 5.41) is 11.7. The zero-order valence-corrected chi connectivity index (χ0v) is 11.1. The molecule has 1 saturated carbocycles. The molecule has 3 rings (SSSR count). The van der Waals surface area contributed by atoms with Crippen LogP contribution < -0.4 is 4.74 Å². The van der Waals surface area contributed by atoms with Gasteiger partial charge in [-0.15, -0.1) is 0 Å². The van der Waals surface area contributed by atoms with E-state index in [-0.39, 0.29) is 0 Å². The first kappa shape index (κ1) is 12.3. The average Bonchev–Trinajstić information content (AvgIpc) is 2.46.